The molecule has 6 aliphatic carbocycles. The van der Waals surface area contributed by atoms with Gasteiger partial charge < -0.3 is 24.1 Å². The van der Waals surface area contributed by atoms with E-state index in [2.05, 4.69) is 70.5 Å². The molecule has 9 heteroatoms. The normalized spacial score (nSPS) is 38.9. The number of amides is 1. The van der Waals surface area contributed by atoms with Gasteiger partial charge in [-0.15, -0.1) is 0 Å². The number of aromatic amines is 1. The van der Waals surface area contributed by atoms with Crippen molar-refractivity contribution < 1.29 is 28.6 Å². The molecule has 7 unspecified atom stereocenters. The second kappa shape index (κ2) is 17.4. The van der Waals surface area contributed by atoms with Gasteiger partial charge in [0.15, 0.2) is 0 Å². The molecule has 1 aliphatic heterocycles. The van der Waals surface area contributed by atoms with Gasteiger partial charge in [-0.2, -0.15) is 0 Å². The van der Waals surface area contributed by atoms with Crippen molar-refractivity contribution in [3.8, 4) is 17.0 Å². The average Bonchev–Trinajstić information content (AvgIpc) is 4.11. The SMILES string of the molecule is CCC(C)C1[C@@H](C(=O)OC2CC[C@@]3(C)C(CC[C@]4(C)C3CC[C@@H]3C5CCC[C@]5(C(=O)N5CCCC5c5ncc(-c6ccc(OC)cc6)[nH]5)CC[C@]34C)C2(C)C)C[C@H]1C(=O)OCc1ccccc1. The van der Waals surface area contributed by atoms with Crippen LogP contribution in [0.4, 0.5) is 0 Å². The lowest BCUT2D eigenvalue weighted by Crippen LogP contribution is -2.67. The predicted molar refractivity (Wildman–Crippen MR) is 260 cm³/mol. The van der Waals surface area contributed by atoms with Gasteiger partial charge in [0.2, 0.25) is 5.91 Å². The molecule has 10 rings (SSSR count). The Morgan fingerprint density at radius 2 is 1.55 bits per heavy atom. The Hall–Kier alpha value is -4.14. The van der Waals surface area contributed by atoms with Crippen LogP contribution in [-0.4, -0.2) is 52.5 Å². The number of likely N-dealkylation sites (tertiary alicyclic amines) is 1. The van der Waals surface area contributed by atoms with E-state index in [4.69, 9.17) is 19.2 Å². The molecule has 1 N–H and O–H groups in total. The number of carbonyl (C=O) groups is 3. The number of aromatic nitrogens is 2. The van der Waals surface area contributed by atoms with E-state index in [1.54, 1.807) is 7.11 Å². The first-order valence-corrected chi connectivity index (χ1v) is 26.5. The van der Waals surface area contributed by atoms with Crippen LogP contribution in [0.1, 0.15) is 162 Å². The molecule has 9 nitrogen and oxygen atoms in total. The number of H-pyrrole nitrogens is 1. The molecule has 0 radical (unpaired) electrons. The van der Waals surface area contributed by atoms with Crippen molar-refractivity contribution in [3.05, 3.63) is 72.2 Å². The highest BCUT2D eigenvalue weighted by molar-refractivity contribution is 5.84. The fourth-order valence-electron chi connectivity index (χ4n) is 17.4. The van der Waals surface area contributed by atoms with Crippen molar-refractivity contribution in [2.45, 2.75) is 164 Å². The van der Waals surface area contributed by atoms with Gasteiger partial charge in [-0.3, -0.25) is 14.4 Å². The molecule has 2 aromatic carbocycles. The summed E-state index contributed by atoms with van der Waals surface area (Å²) in [6.45, 7) is 18.1. The number of nitrogens with zero attached hydrogens (tertiary/aromatic N) is 2. The Labute approximate surface area is 400 Å². The lowest BCUT2D eigenvalue weighted by Gasteiger charge is -2.72. The van der Waals surface area contributed by atoms with Crippen LogP contribution in [0.2, 0.25) is 0 Å². The van der Waals surface area contributed by atoms with Gasteiger partial charge in [0, 0.05) is 12.0 Å². The van der Waals surface area contributed by atoms with Crippen LogP contribution >= 0.6 is 0 Å². The number of nitrogens with one attached hydrogen (secondary N) is 1. The molecular weight excluding hydrogens is 835 g/mol. The number of hydrogen-bond donors (Lipinski definition) is 1. The lowest BCUT2D eigenvalue weighted by molar-refractivity contribution is -0.249. The predicted octanol–water partition coefficient (Wildman–Crippen LogP) is 12.6. The van der Waals surface area contributed by atoms with Gasteiger partial charge in [-0.05, 0) is 171 Å². The number of ether oxygens (including phenoxy) is 3. The maximum atomic E-state index is 15.4. The molecule has 7 fully saturated rings. The highest BCUT2D eigenvalue weighted by atomic mass is 16.5. The number of imidazole rings is 1. The maximum absolute atomic E-state index is 15.4. The summed E-state index contributed by atoms with van der Waals surface area (Å²) in [5.41, 5.74) is 3.08. The summed E-state index contributed by atoms with van der Waals surface area (Å²) >= 11 is 0. The zero-order valence-electron chi connectivity index (χ0n) is 41.9. The van der Waals surface area contributed by atoms with E-state index in [0.717, 1.165) is 99.1 Å². The monoisotopic (exact) mass is 914 g/mol. The maximum Gasteiger partial charge on any atom is 0.309 e. The molecule has 0 bridgehead atoms. The van der Waals surface area contributed by atoms with E-state index in [9.17, 15) is 9.59 Å². The van der Waals surface area contributed by atoms with Crippen molar-refractivity contribution in [2.24, 2.45) is 74.4 Å². The smallest absolute Gasteiger partial charge is 0.309 e. The summed E-state index contributed by atoms with van der Waals surface area (Å²) in [4.78, 5) is 53.8. The molecule has 1 amide bonds. The fraction of sp³-hybridized carbons (Fsp3) is 0.690. The van der Waals surface area contributed by atoms with Crippen LogP contribution < -0.4 is 4.74 Å². The van der Waals surface area contributed by atoms with Gasteiger partial charge >= 0.3 is 11.9 Å². The molecule has 2 heterocycles. The van der Waals surface area contributed by atoms with Crippen LogP contribution in [0, 0.1) is 74.4 Å². The number of fused-ring (bicyclic) bond motifs is 7. The highest BCUT2D eigenvalue weighted by Gasteiger charge is 2.71. The third kappa shape index (κ3) is 7.33. The minimum atomic E-state index is -0.275. The first-order valence-electron chi connectivity index (χ1n) is 26.5. The molecule has 14 atom stereocenters. The quantitative estimate of drug-likeness (QED) is 0.191. The molecular formula is C58H79N3O6. The van der Waals surface area contributed by atoms with Crippen LogP contribution in [0.3, 0.4) is 0 Å². The molecule has 7 aliphatic rings. The Kier molecular flexibility index (Phi) is 12.1. The van der Waals surface area contributed by atoms with Gasteiger partial charge in [0.05, 0.1) is 42.3 Å². The number of methoxy groups -OCH3 is 1. The number of rotatable bonds is 11. The first kappa shape index (κ1) is 46.6. The van der Waals surface area contributed by atoms with Crippen molar-refractivity contribution in [1.29, 1.82) is 0 Å². The largest absolute Gasteiger partial charge is 0.497 e. The van der Waals surface area contributed by atoms with Crippen LogP contribution in [0.25, 0.3) is 11.3 Å². The van der Waals surface area contributed by atoms with E-state index in [-0.39, 0.29) is 81.4 Å². The van der Waals surface area contributed by atoms with E-state index in [0.29, 0.717) is 36.0 Å². The Morgan fingerprint density at radius 3 is 2.30 bits per heavy atom. The summed E-state index contributed by atoms with van der Waals surface area (Å²) < 4.78 is 17.9. The van der Waals surface area contributed by atoms with Crippen molar-refractivity contribution in [1.82, 2.24) is 14.9 Å². The Morgan fingerprint density at radius 1 is 0.791 bits per heavy atom. The standard InChI is InChI=1S/C58H79N3O6/c1-9-36(2)49-40(51(62)66-35-37-15-11-10-12-16-37)33-41(49)52(63)67-48-26-28-55(5)46(54(48,3)4)25-29-57(7)47(55)24-23-42-43-17-13-27-58(43,31-30-56(42,57)6)53(64)61-32-14-18-45(61)50-59-34-44(60-50)38-19-21-39(65-8)22-20-38/h10-12,15-16,19-22,34,36,40-43,45-49H,9,13-14,17-18,23-33,35H2,1-8H3,(H,59,60)/t36?,40-,41+,42-,43?,45?,46?,47?,48?,49?,55+,56-,57-,58+/m1/s1. The third-order valence-corrected chi connectivity index (χ3v) is 21.4. The Bertz CT molecular complexity index is 2310. The van der Waals surface area contributed by atoms with Crippen LogP contribution in [-0.2, 0) is 30.5 Å². The summed E-state index contributed by atoms with van der Waals surface area (Å²) in [6.07, 6.45) is 17.4. The van der Waals surface area contributed by atoms with E-state index in [1.165, 1.54) is 25.7 Å². The highest BCUT2D eigenvalue weighted by Crippen LogP contribution is 2.77. The summed E-state index contributed by atoms with van der Waals surface area (Å²) in [6, 6.07) is 17.9. The van der Waals surface area contributed by atoms with Crippen LogP contribution in [0.5, 0.6) is 5.75 Å². The molecule has 6 saturated carbocycles. The first-order chi connectivity index (χ1) is 32.1. The molecule has 1 aromatic heterocycles. The summed E-state index contributed by atoms with van der Waals surface area (Å²) in [7, 11) is 1.69. The van der Waals surface area contributed by atoms with Gasteiger partial charge in [0.1, 0.15) is 24.3 Å². The lowest BCUT2D eigenvalue weighted by atomic mass is 9.32. The second-order valence-electron chi connectivity index (χ2n) is 24.2. The minimum absolute atomic E-state index is 0.00870. The van der Waals surface area contributed by atoms with E-state index >= 15 is 4.79 Å². The van der Waals surface area contributed by atoms with Gasteiger partial charge in [-0.25, -0.2) is 4.98 Å². The van der Waals surface area contributed by atoms with Crippen molar-refractivity contribution >= 4 is 17.8 Å². The topological polar surface area (TPSA) is 111 Å². The number of esters is 2. The van der Waals surface area contributed by atoms with Crippen LogP contribution in [0.15, 0.2) is 60.8 Å². The van der Waals surface area contributed by atoms with Gasteiger partial charge in [-0.1, -0.05) is 91.6 Å². The molecule has 0 spiro atoms. The second-order valence-corrected chi connectivity index (χ2v) is 24.2. The molecule has 3 aromatic rings. The average molecular weight is 914 g/mol. The number of hydrogen-bond acceptors (Lipinski definition) is 7. The van der Waals surface area contributed by atoms with Crippen molar-refractivity contribution in [2.75, 3.05) is 13.7 Å². The minimum Gasteiger partial charge on any atom is -0.497 e. The zero-order valence-corrected chi connectivity index (χ0v) is 41.9. The third-order valence-electron chi connectivity index (χ3n) is 21.4. The van der Waals surface area contributed by atoms with E-state index < -0.39 is 0 Å². The zero-order chi connectivity index (χ0) is 47.1. The number of benzene rings is 2. The Balaban J connectivity index is 0.817. The van der Waals surface area contributed by atoms with Gasteiger partial charge in [0.25, 0.3) is 0 Å². The summed E-state index contributed by atoms with van der Waals surface area (Å²) in [5, 5.41) is 0. The van der Waals surface area contributed by atoms with E-state index in [1.807, 2.05) is 48.7 Å². The number of carbonyl (C=O) groups excluding carboxylic acids is 3. The summed E-state index contributed by atoms with van der Waals surface area (Å²) in [5.74, 6) is 3.52. The molecule has 362 valence electrons. The fourth-order valence-corrected chi connectivity index (χ4v) is 17.4. The molecule has 1 saturated heterocycles. The van der Waals surface area contributed by atoms with Crippen molar-refractivity contribution in [3.63, 3.8) is 0 Å². The molecule has 67 heavy (non-hydrogen) atoms.